The van der Waals surface area contributed by atoms with E-state index in [1.165, 1.54) is 32.1 Å². The van der Waals surface area contributed by atoms with E-state index >= 15 is 0 Å². The lowest BCUT2D eigenvalue weighted by atomic mass is 9.73. The van der Waals surface area contributed by atoms with Crippen molar-refractivity contribution in [2.24, 2.45) is 23.7 Å². The monoisotopic (exact) mass is 182 g/mol. The summed E-state index contributed by atoms with van der Waals surface area (Å²) in [5, 5.41) is 10.1. The van der Waals surface area contributed by atoms with Crippen LogP contribution < -0.4 is 0 Å². The van der Waals surface area contributed by atoms with Crippen LogP contribution in [0.1, 0.15) is 46.0 Å². The molecule has 2 saturated carbocycles. The average molecular weight is 182 g/mol. The molecule has 13 heavy (non-hydrogen) atoms. The Hall–Kier alpha value is -0.0400. The van der Waals surface area contributed by atoms with Crippen LogP contribution in [0.5, 0.6) is 0 Å². The predicted molar refractivity (Wildman–Crippen MR) is 54.4 cm³/mol. The quantitative estimate of drug-likeness (QED) is 0.696. The van der Waals surface area contributed by atoms with Crippen LogP contribution in [0.25, 0.3) is 0 Å². The zero-order valence-corrected chi connectivity index (χ0v) is 8.87. The molecule has 0 radical (unpaired) electrons. The third kappa shape index (κ3) is 1.63. The van der Waals surface area contributed by atoms with E-state index in [2.05, 4.69) is 13.8 Å². The van der Waals surface area contributed by atoms with E-state index in [-0.39, 0.29) is 6.10 Å². The largest absolute Gasteiger partial charge is 0.393 e. The summed E-state index contributed by atoms with van der Waals surface area (Å²) in [6, 6.07) is 0. The summed E-state index contributed by atoms with van der Waals surface area (Å²) in [5.41, 5.74) is 0. The number of rotatable bonds is 2. The standard InChI is InChI=1S/C12H22O/c1-8(2)12(13)11-9-4-3-5-10(11)7-6-9/h8-13H,3-7H2,1-2H3/t9?,10?,11?,12-/m1/s1. The van der Waals surface area contributed by atoms with Crippen molar-refractivity contribution in [1.29, 1.82) is 0 Å². The van der Waals surface area contributed by atoms with Crippen LogP contribution in [-0.2, 0) is 0 Å². The highest BCUT2D eigenvalue weighted by Crippen LogP contribution is 2.49. The first kappa shape index (κ1) is 9.51. The molecule has 0 aliphatic heterocycles. The van der Waals surface area contributed by atoms with E-state index in [4.69, 9.17) is 0 Å². The summed E-state index contributed by atoms with van der Waals surface area (Å²) in [4.78, 5) is 0. The zero-order chi connectivity index (χ0) is 9.42. The van der Waals surface area contributed by atoms with Gasteiger partial charge in [-0.05, 0) is 36.5 Å². The molecule has 1 nitrogen and oxygen atoms in total. The molecule has 0 aromatic carbocycles. The van der Waals surface area contributed by atoms with Gasteiger partial charge in [-0.25, -0.2) is 0 Å². The second-order valence-electron chi connectivity index (χ2n) is 5.34. The molecule has 2 unspecified atom stereocenters. The number of aliphatic hydroxyl groups is 1. The molecule has 1 N–H and O–H groups in total. The Balaban J connectivity index is 2.06. The van der Waals surface area contributed by atoms with Crippen molar-refractivity contribution in [3.8, 4) is 0 Å². The number of hydrogen-bond acceptors (Lipinski definition) is 1. The number of hydrogen-bond donors (Lipinski definition) is 1. The molecule has 3 atom stereocenters. The summed E-state index contributed by atoms with van der Waals surface area (Å²) in [6.07, 6.45) is 6.92. The Labute approximate surface area is 81.5 Å². The number of aliphatic hydroxyl groups excluding tert-OH is 1. The van der Waals surface area contributed by atoms with Crippen LogP contribution in [-0.4, -0.2) is 11.2 Å². The maximum atomic E-state index is 10.1. The van der Waals surface area contributed by atoms with Gasteiger partial charge in [0.2, 0.25) is 0 Å². The van der Waals surface area contributed by atoms with Gasteiger partial charge in [-0.1, -0.05) is 33.1 Å². The fourth-order valence-corrected chi connectivity index (χ4v) is 3.52. The summed E-state index contributed by atoms with van der Waals surface area (Å²) in [6.45, 7) is 4.30. The SMILES string of the molecule is CC(C)[C@@H](O)C1C2CCCC1CC2. The highest BCUT2D eigenvalue weighted by atomic mass is 16.3. The minimum absolute atomic E-state index is 0.0298. The van der Waals surface area contributed by atoms with E-state index in [0.29, 0.717) is 11.8 Å². The van der Waals surface area contributed by atoms with E-state index in [9.17, 15) is 5.11 Å². The summed E-state index contributed by atoms with van der Waals surface area (Å²) < 4.78 is 0. The van der Waals surface area contributed by atoms with Gasteiger partial charge in [-0.15, -0.1) is 0 Å². The summed E-state index contributed by atoms with van der Waals surface area (Å²) in [5.74, 6) is 2.81. The molecule has 0 aromatic heterocycles. The van der Waals surface area contributed by atoms with Gasteiger partial charge in [-0.2, -0.15) is 0 Å². The van der Waals surface area contributed by atoms with Crippen LogP contribution in [0.2, 0.25) is 0 Å². The van der Waals surface area contributed by atoms with Gasteiger partial charge in [0.15, 0.2) is 0 Å². The molecular formula is C12H22O. The zero-order valence-electron chi connectivity index (χ0n) is 8.87. The summed E-state index contributed by atoms with van der Waals surface area (Å²) in [7, 11) is 0. The van der Waals surface area contributed by atoms with E-state index in [1.54, 1.807) is 0 Å². The van der Waals surface area contributed by atoms with Crippen molar-refractivity contribution in [2.45, 2.75) is 52.1 Å². The van der Waals surface area contributed by atoms with Crippen LogP contribution in [0.4, 0.5) is 0 Å². The molecule has 2 bridgehead atoms. The van der Waals surface area contributed by atoms with E-state index in [1.807, 2.05) is 0 Å². The second kappa shape index (κ2) is 3.61. The molecular weight excluding hydrogens is 160 g/mol. The lowest BCUT2D eigenvalue weighted by Gasteiger charge is -2.35. The second-order valence-corrected chi connectivity index (χ2v) is 5.34. The Morgan fingerprint density at radius 3 is 2.00 bits per heavy atom. The molecule has 0 saturated heterocycles. The van der Waals surface area contributed by atoms with E-state index < -0.39 is 0 Å². The van der Waals surface area contributed by atoms with Gasteiger partial charge in [0.05, 0.1) is 6.10 Å². The molecule has 2 rings (SSSR count). The smallest absolute Gasteiger partial charge is 0.0596 e. The van der Waals surface area contributed by atoms with Gasteiger partial charge in [0, 0.05) is 0 Å². The predicted octanol–water partition coefficient (Wildman–Crippen LogP) is 2.83. The van der Waals surface area contributed by atoms with Crippen LogP contribution in [0.15, 0.2) is 0 Å². The maximum Gasteiger partial charge on any atom is 0.0596 e. The molecule has 0 aromatic rings. The van der Waals surface area contributed by atoms with Crippen molar-refractivity contribution in [3.05, 3.63) is 0 Å². The molecule has 0 spiro atoms. The van der Waals surface area contributed by atoms with Gasteiger partial charge in [0.1, 0.15) is 0 Å². The fraction of sp³-hybridized carbons (Fsp3) is 1.00. The van der Waals surface area contributed by atoms with Crippen LogP contribution in [0, 0.1) is 23.7 Å². The highest BCUT2D eigenvalue weighted by molar-refractivity contribution is 4.93. The third-order valence-electron chi connectivity index (χ3n) is 4.22. The van der Waals surface area contributed by atoms with Gasteiger partial charge >= 0.3 is 0 Å². The van der Waals surface area contributed by atoms with Gasteiger partial charge in [0.25, 0.3) is 0 Å². The summed E-state index contributed by atoms with van der Waals surface area (Å²) >= 11 is 0. The molecule has 0 heterocycles. The van der Waals surface area contributed by atoms with Gasteiger partial charge in [-0.3, -0.25) is 0 Å². The minimum Gasteiger partial charge on any atom is -0.393 e. The Kier molecular flexibility index (Phi) is 2.64. The van der Waals surface area contributed by atoms with Gasteiger partial charge < -0.3 is 5.11 Å². The van der Waals surface area contributed by atoms with Crippen molar-refractivity contribution >= 4 is 0 Å². The Morgan fingerprint density at radius 1 is 1.00 bits per heavy atom. The van der Waals surface area contributed by atoms with Crippen LogP contribution >= 0.6 is 0 Å². The first-order valence-electron chi connectivity index (χ1n) is 5.88. The van der Waals surface area contributed by atoms with Crippen molar-refractivity contribution < 1.29 is 5.11 Å². The normalized spacial score (nSPS) is 41.1. The van der Waals surface area contributed by atoms with E-state index in [0.717, 1.165) is 11.8 Å². The molecule has 0 amide bonds. The van der Waals surface area contributed by atoms with Crippen molar-refractivity contribution in [2.75, 3.05) is 0 Å². The van der Waals surface area contributed by atoms with Crippen LogP contribution in [0.3, 0.4) is 0 Å². The molecule has 2 aliphatic rings. The third-order valence-corrected chi connectivity index (χ3v) is 4.22. The van der Waals surface area contributed by atoms with Crippen molar-refractivity contribution in [1.82, 2.24) is 0 Å². The molecule has 1 heteroatoms. The molecule has 76 valence electrons. The van der Waals surface area contributed by atoms with Crippen molar-refractivity contribution in [3.63, 3.8) is 0 Å². The first-order chi connectivity index (χ1) is 6.20. The molecule has 2 fully saturated rings. The fourth-order valence-electron chi connectivity index (χ4n) is 3.52. The average Bonchev–Trinajstić information content (AvgIpc) is 2.34. The first-order valence-corrected chi connectivity index (χ1v) is 5.88. The molecule has 2 aliphatic carbocycles. The maximum absolute atomic E-state index is 10.1. The minimum atomic E-state index is -0.0298. The highest BCUT2D eigenvalue weighted by Gasteiger charge is 2.43. The lowest BCUT2D eigenvalue weighted by molar-refractivity contribution is 0.00889. The lowest BCUT2D eigenvalue weighted by Crippen LogP contribution is -2.35. The Morgan fingerprint density at radius 2 is 1.54 bits per heavy atom. The Bertz CT molecular complexity index is 160. The number of fused-ring (bicyclic) bond motifs is 2. The topological polar surface area (TPSA) is 20.2 Å².